The first-order chi connectivity index (χ1) is 12.1. The molecule has 0 fully saturated rings. The van der Waals surface area contributed by atoms with E-state index < -0.39 is 6.10 Å². The highest BCUT2D eigenvalue weighted by Gasteiger charge is 2.30. The number of aryl methyl sites for hydroxylation is 2. The number of benzene rings is 1. The molecule has 0 radical (unpaired) electrons. The maximum absolute atomic E-state index is 12.5. The quantitative estimate of drug-likeness (QED) is 0.865. The molecule has 0 saturated carbocycles. The molecule has 0 bridgehead atoms. The summed E-state index contributed by atoms with van der Waals surface area (Å²) in [6, 6.07) is 8.88. The van der Waals surface area contributed by atoms with Crippen molar-refractivity contribution >= 4 is 5.91 Å². The van der Waals surface area contributed by atoms with Crippen LogP contribution in [0.5, 0.6) is 11.5 Å². The Hall–Kier alpha value is -2.83. The summed E-state index contributed by atoms with van der Waals surface area (Å²) in [6.45, 7) is 0.189. The highest BCUT2D eigenvalue weighted by Crippen LogP contribution is 2.31. The predicted octanol–water partition coefficient (Wildman–Crippen LogP) is 0.594. The highest BCUT2D eigenvalue weighted by molar-refractivity contribution is 5.82. The Labute approximate surface area is 144 Å². The Morgan fingerprint density at radius 1 is 1.32 bits per heavy atom. The molecule has 2 aliphatic rings. The number of amides is 1. The maximum Gasteiger partial charge on any atom is 0.266 e. The maximum atomic E-state index is 12.5. The number of hydrogen-bond acceptors (Lipinski definition) is 5. The van der Waals surface area contributed by atoms with E-state index in [0.29, 0.717) is 17.9 Å². The first-order valence-electron chi connectivity index (χ1n) is 8.35. The first-order valence-corrected chi connectivity index (χ1v) is 8.35. The summed E-state index contributed by atoms with van der Waals surface area (Å²) >= 11 is 0. The van der Waals surface area contributed by atoms with Crippen LogP contribution < -0.4 is 20.3 Å². The van der Waals surface area contributed by atoms with E-state index in [9.17, 15) is 9.59 Å². The van der Waals surface area contributed by atoms with Crippen molar-refractivity contribution in [1.29, 1.82) is 0 Å². The van der Waals surface area contributed by atoms with Crippen LogP contribution in [0.2, 0.25) is 0 Å². The molecule has 2 heterocycles. The van der Waals surface area contributed by atoms with Crippen LogP contribution in [0.1, 0.15) is 17.7 Å². The van der Waals surface area contributed by atoms with Crippen LogP contribution in [0.4, 0.5) is 0 Å². The second kappa shape index (κ2) is 6.23. The Bertz CT molecular complexity index is 877. The monoisotopic (exact) mass is 341 g/mol. The van der Waals surface area contributed by atoms with Crippen LogP contribution in [0, 0.1) is 0 Å². The van der Waals surface area contributed by atoms with Gasteiger partial charge < -0.3 is 14.8 Å². The van der Waals surface area contributed by atoms with Crippen molar-refractivity contribution in [3.8, 4) is 11.5 Å². The average molecular weight is 341 g/mol. The molecule has 1 aromatic heterocycles. The van der Waals surface area contributed by atoms with Gasteiger partial charge in [-0.3, -0.25) is 9.59 Å². The minimum Gasteiger partial charge on any atom is -0.485 e. The van der Waals surface area contributed by atoms with Crippen molar-refractivity contribution in [2.45, 2.75) is 31.4 Å². The van der Waals surface area contributed by atoms with Gasteiger partial charge in [0.25, 0.3) is 11.5 Å². The van der Waals surface area contributed by atoms with E-state index >= 15 is 0 Å². The Balaban J connectivity index is 1.42. The van der Waals surface area contributed by atoms with Crippen molar-refractivity contribution in [3.63, 3.8) is 0 Å². The Kier molecular flexibility index (Phi) is 3.91. The summed E-state index contributed by atoms with van der Waals surface area (Å²) < 4.78 is 12.7. The Morgan fingerprint density at radius 2 is 2.12 bits per heavy atom. The van der Waals surface area contributed by atoms with Crippen molar-refractivity contribution in [1.82, 2.24) is 15.1 Å². The van der Waals surface area contributed by atoms with Crippen LogP contribution in [0.15, 0.2) is 35.1 Å². The van der Waals surface area contributed by atoms with Gasteiger partial charge in [-0.05, 0) is 37.0 Å². The van der Waals surface area contributed by atoms with Crippen molar-refractivity contribution < 1.29 is 14.3 Å². The van der Waals surface area contributed by atoms with E-state index in [1.165, 1.54) is 4.68 Å². The molecular formula is C18H19N3O4. The SMILES string of the molecule is Cn1nc2c(cc1=O)CC(NC(=O)C1COc3ccccc3O1)CC2. The third kappa shape index (κ3) is 3.09. The molecule has 1 aromatic carbocycles. The minimum atomic E-state index is -0.668. The fraction of sp³-hybridized carbons (Fsp3) is 0.389. The van der Waals surface area contributed by atoms with E-state index in [1.54, 1.807) is 19.2 Å². The standard InChI is InChI=1S/C18H19N3O4/c1-21-17(22)9-11-8-12(6-7-13(11)20-21)19-18(23)16-10-24-14-4-2-3-5-15(14)25-16/h2-5,9,12,16H,6-8,10H2,1H3,(H,19,23). The fourth-order valence-electron chi connectivity index (χ4n) is 3.25. The first kappa shape index (κ1) is 15.7. The summed E-state index contributed by atoms with van der Waals surface area (Å²) in [7, 11) is 1.65. The zero-order valence-electron chi connectivity index (χ0n) is 13.9. The highest BCUT2D eigenvalue weighted by atomic mass is 16.6. The summed E-state index contributed by atoms with van der Waals surface area (Å²) in [5, 5.41) is 7.30. The number of fused-ring (bicyclic) bond motifs is 2. The number of hydrogen-bond donors (Lipinski definition) is 1. The molecule has 2 aromatic rings. The second-order valence-electron chi connectivity index (χ2n) is 6.39. The smallest absolute Gasteiger partial charge is 0.266 e. The predicted molar refractivity (Wildman–Crippen MR) is 89.8 cm³/mol. The molecule has 1 amide bonds. The number of nitrogens with zero attached hydrogens (tertiary/aromatic N) is 2. The van der Waals surface area contributed by atoms with E-state index in [-0.39, 0.29) is 24.1 Å². The van der Waals surface area contributed by atoms with Crippen LogP contribution in [-0.2, 0) is 24.7 Å². The molecule has 0 spiro atoms. The lowest BCUT2D eigenvalue weighted by atomic mass is 9.92. The summed E-state index contributed by atoms with van der Waals surface area (Å²) in [4.78, 5) is 24.3. The number of aromatic nitrogens is 2. The van der Waals surface area contributed by atoms with Gasteiger partial charge in [-0.1, -0.05) is 12.1 Å². The molecule has 2 atom stereocenters. The third-order valence-electron chi connectivity index (χ3n) is 4.60. The van der Waals surface area contributed by atoms with E-state index in [4.69, 9.17) is 9.47 Å². The molecule has 2 unspecified atom stereocenters. The molecule has 1 aliphatic heterocycles. The molecule has 130 valence electrons. The number of ether oxygens (including phenoxy) is 2. The lowest BCUT2D eigenvalue weighted by Gasteiger charge is -2.29. The molecular weight excluding hydrogens is 322 g/mol. The van der Waals surface area contributed by atoms with Gasteiger partial charge in [-0.2, -0.15) is 5.10 Å². The summed E-state index contributed by atoms with van der Waals surface area (Å²) in [6.07, 6.45) is 1.46. The molecule has 7 heteroatoms. The van der Waals surface area contributed by atoms with Gasteiger partial charge in [-0.15, -0.1) is 0 Å². The number of carbonyl (C=O) groups is 1. The zero-order chi connectivity index (χ0) is 17.4. The van der Waals surface area contributed by atoms with Crippen LogP contribution in [-0.4, -0.2) is 34.4 Å². The molecule has 1 N–H and O–H groups in total. The number of para-hydroxylation sites is 2. The van der Waals surface area contributed by atoms with E-state index in [2.05, 4.69) is 10.4 Å². The van der Waals surface area contributed by atoms with E-state index in [1.807, 2.05) is 18.2 Å². The van der Waals surface area contributed by atoms with Crippen molar-refractivity contribution in [2.24, 2.45) is 7.05 Å². The van der Waals surface area contributed by atoms with Crippen molar-refractivity contribution in [2.75, 3.05) is 6.61 Å². The summed E-state index contributed by atoms with van der Waals surface area (Å²) in [5.74, 6) is 1.04. The van der Waals surface area contributed by atoms with Gasteiger partial charge >= 0.3 is 0 Å². The average Bonchev–Trinajstić information content (AvgIpc) is 2.62. The molecule has 4 rings (SSSR count). The summed E-state index contributed by atoms with van der Waals surface area (Å²) in [5.41, 5.74) is 1.70. The van der Waals surface area contributed by atoms with Gasteiger partial charge in [0.2, 0.25) is 6.10 Å². The van der Waals surface area contributed by atoms with Gasteiger partial charge in [0.1, 0.15) is 6.61 Å². The molecule has 25 heavy (non-hydrogen) atoms. The molecule has 7 nitrogen and oxygen atoms in total. The second-order valence-corrected chi connectivity index (χ2v) is 6.39. The molecule has 1 aliphatic carbocycles. The van der Waals surface area contributed by atoms with Crippen LogP contribution >= 0.6 is 0 Å². The normalized spacial score (nSPS) is 21.3. The van der Waals surface area contributed by atoms with Gasteiger partial charge in [0.05, 0.1) is 5.69 Å². The van der Waals surface area contributed by atoms with Gasteiger partial charge in [0.15, 0.2) is 11.5 Å². The zero-order valence-corrected chi connectivity index (χ0v) is 13.9. The van der Waals surface area contributed by atoms with Crippen LogP contribution in [0.3, 0.4) is 0 Å². The van der Waals surface area contributed by atoms with Gasteiger partial charge in [0, 0.05) is 19.2 Å². The fourth-order valence-corrected chi connectivity index (χ4v) is 3.25. The van der Waals surface area contributed by atoms with Gasteiger partial charge in [-0.25, -0.2) is 4.68 Å². The van der Waals surface area contributed by atoms with E-state index in [0.717, 1.165) is 24.1 Å². The number of rotatable bonds is 2. The lowest BCUT2D eigenvalue weighted by molar-refractivity contribution is -0.131. The topological polar surface area (TPSA) is 82.5 Å². The Morgan fingerprint density at radius 3 is 2.96 bits per heavy atom. The third-order valence-corrected chi connectivity index (χ3v) is 4.60. The number of nitrogens with one attached hydrogen (secondary N) is 1. The number of carbonyl (C=O) groups excluding carboxylic acids is 1. The molecule has 0 saturated heterocycles. The van der Waals surface area contributed by atoms with Crippen molar-refractivity contribution in [3.05, 3.63) is 51.9 Å². The minimum absolute atomic E-state index is 0.0327. The van der Waals surface area contributed by atoms with Crippen LogP contribution in [0.25, 0.3) is 0 Å². The largest absolute Gasteiger partial charge is 0.485 e. The lowest BCUT2D eigenvalue weighted by Crippen LogP contribution is -2.49.